The highest BCUT2D eigenvalue weighted by Crippen LogP contribution is 2.22. The fourth-order valence-corrected chi connectivity index (χ4v) is 3.15. The number of hydrogen-bond donors (Lipinski definition) is 1. The van der Waals surface area contributed by atoms with Gasteiger partial charge in [-0.1, -0.05) is 11.6 Å². The fraction of sp³-hybridized carbons (Fsp3) is 0.300. The molecule has 0 aromatic heterocycles. The minimum Gasteiger partial charge on any atom is -0.210 e. The number of nitrogens with zero attached hydrogens (tertiary/aromatic N) is 1. The zero-order chi connectivity index (χ0) is 12.9. The second kappa shape index (κ2) is 6.26. The number of thioether (sulfide) groups is 1. The van der Waals surface area contributed by atoms with Gasteiger partial charge in [0.15, 0.2) is 0 Å². The molecule has 0 atom stereocenters. The van der Waals surface area contributed by atoms with Crippen molar-refractivity contribution in [2.45, 2.75) is 4.90 Å². The van der Waals surface area contributed by atoms with E-state index in [-0.39, 0.29) is 9.92 Å². The Morgan fingerprint density at radius 2 is 2.24 bits per heavy atom. The normalized spacial score (nSPS) is 11.1. The van der Waals surface area contributed by atoms with Crippen molar-refractivity contribution in [2.24, 2.45) is 0 Å². The lowest BCUT2D eigenvalue weighted by molar-refractivity contribution is 0.584. The van der Waals surface area contributed by atoms with E-state index >= 15 is 0 Å². The molecule has 0 saturated carbocycles. The van der Waals surface area contributed by atoms with Crippen LogP contribution in [0.5, 0.6) is 0 Å². The van der Waals surface area contributed by atoms with E-state index in [1.165, 1.54) is 18.2 Å². The van der Waals surface area contributed by atoms with Crippen molar-refractivity contribution >= 4 is 33.4 Å². The summed E-state index contributed by atoms with van der Waals surface area (Å²) < 4.78 is 26.1. The summed E-state index contributed by atoms with van der Waals surface area (Å²) in [6, 6.07) is 5.99. The van der Waals surface area contributed by atoms with Gasteiger partial charge in [-0.2, -0.15) is 17.0 Å². The number of benzene rings is 1. The average Bonchev–Trinajstić information content (AvgIpc) is 2.28. The monoisotopic (exact) mass is 290 g/mol. The van der Waals surface area contributed by atoms with Gasteiger partial charge in [-0.3, -0.25) is 0 Å². The van der Waals surface area contributed by atoms with Gasteiger partial charge in [0, 0.05) is 12.3 Å². The molecule has 0 aliphatic carbocycles. The molecule has 1 aromatic carbocycles. The minimum atomic E-state index is -3.59. The number of halogens is 1. The molecule has 1 N–H and O–H groups in total. The van der Waals surface area contributed by atoms with Crippen LogP contribution in [0.3, 0.4) is 0 Å². The standard InChI is InChI=1S/C10H11ClN2O2S2/c1-16-5-4-13-17(14,15)10-3-2-8(7-12)6-9(10)11/h2-3,6,13H,4-5H2,1H3. The summed E-state index contributed by atoms with van der Waals surface area (Å²) in [4.78, 5) is -0.000676. The maximum Gasteiger partial charge on any atom is 0.242 e. The lowest BCUT2D eigenvalue weighted by Gasteiger charge is -2.07. The predicted molar refractivity (Wildman–Crippen MR) is 69.7 cm³/mol. The number of nitrogens with one attached hydrogen (secondary N) is 1. The Kier molecular flexibility index (Phi) is 5.28. The first-order valence-electron chi connectivity index (χ1n) is 4.69. The smallest absolute Gasteiger partial charge is 0.210 e. The third-order valence-corrected chi connectivity index (χ3v) is 4.51. The maximum atomic E-state index is 11.8. The summed E-state index contributed by atoms with van der Waals surface area (Å²) in [5.41, 5.74) is 0.332. The second-order valence-electron chi connectivity index (χ2n) is 3.15. The van der Waals surface area contributed by atoms with Crippen molar-refractivity contribution in [3.63, 3.8) is 0 Å². The van der Waals surface area contributed by atoms with Gasteiger partial charge in [-0.05, 0) is 24.5 Å². The molecule has 0 radical (unpaired) electrons. The van der Waals surface area contributed by atoms with Gasteiger partial charge in [0.05, 0.1) is 16.7 Å². The van der Waals surface area contributed by atoms with Crippen LogP contribution < -0.4 is 4.72 Å². The molecule has 4 nitrogen and oxygen atoms in total. The lowest BCUT2D eigenvalue weighted by atomic mass is 10.2. The molecule has 7 heteroatoms. The van der Waals surface area contributed by atoms with Gasteiger partial charge >= 0.3 is 0 Å². The van der Waals surface area contributed by atoms with Crippen LogP contribution in [0.15, 0.2) is 23.1 Å². The third-order valence-electron chi connectivity index (χ3n) is 1.95. The summed E-state index contributed by atoms with van der Waals surface area (Å²) in [6.07, 6.45) is 1.89. The molecular formula is C10H11ClN2O2S2. The highest BCUT2D eigenvalue weighted by atomic mass is 35.5. The molecule has 0 aliphatic heterocycles. The van der Waals surface area contributed by atoms with Crippen LogP contribution in [0.1, 0.15) is 5.56 Å². The molecule has 0 spiro atoms. The van der Waals surface area contributed by atoms with Crippen LogP contribution in [-0.2, 0) is 10.0 Å². The molecule has 1 aromatic rings. The summed E-state index contributed by atoms with van der Waals surface area (Å²) in [6.45, 7) is 0.347. The van der Waals surface area contributed by atoms with E-state index in [4.69, 9.17) is 16.9 Å². The maximum absolute atomic E-state index is 11.8. The Bertz CT molecular complexity index is 538. The van der Waals surface area contributed by atoms with Gasteiger partial charge in [0.25, 0.3) is 0 Å². The molecular weight excluding hydrogens is 280 g/mol. The first kappa shape index (κ1) is 14.3. The van der Waals surface area contributed by atoms with Crippen LogP contribution in [-0.4, -0.2) is 27.0 Å². The Morgan fingerprint density at radius 3 is 2.76 bits per heavy atom. The fourth-order valence-electron chi connectivity index (χ4n) is 1.14. The molecule has 1 rings (SSSR count). The highest BCUT2D eigenvalue weighted by molar-refractivity contribution is 7.98. The van der Waals surface area contributed by atoms with Crippen LogP contribution in [0.4, 0.5) is 0 Å². The van der Waals surface area contributed by atoms with Crippen molar-refractivity contribution < 1.29 is 8.42 Å². The molecule has 0 unspecified atom stereocenters. The molecule has 17 heavy (non-hydrogen) atoms. The zero-order valence-electron chi connectivity index (χ0n) is 9.10. The summed E-state index contributed by atoms with van der Waals surface area (Å²) in [5, 5.41) is 8.71. The molecule has 0 saturated heterocycles. The Morgan fingerprint density at radius 1 is 1.53 bits per heavy atom. The van der Waals surface area contributed by atoms with Gasteiger partial charge in [-0.25, -0.2) is 13.1 Å². The predicted octanol–water partition coefficient (Wildman–Crippen LogP) is 1.85. The molecule has 0 bridgehead atoms. The number of rotatable bonds is 5. The Labute approximate surface area is 110 Å². The zero-order valence-corrected chi connectivity index (χ0v) is 11.5. The number of sulfonamides is 1. The van der Waals surface area contributed by atoms with E-state index in [9.17, 15) is 8.42 Å². The topological polar surface area (TPSA) is 70.0 Å². The van der Waals surface area contributed by atoms with Gasteiger partial charge in [0.2, 0.25) is 10.0 Å². The van der Waals surface area contributed by atoms with Crippen LogP contribution in [0.25, 0.3) is 0 Å². The van der Waals surface area contributed by atoms with Gasteiger partial charge in [-0.15, -0.1) is 0 Å². The quantitative estimate of drug-likeness (QED) is 0.840. The van der Waals surface area contributed by atoms with Gasteiger partial charge < -0.3 is 0 Å². The van der Waals surface area contributed by atoms with Crippen molar-refractivity contribution in [1.82, 2.24) is 4.72 Å². The average molecular weight is 291 g/mol. The van der Waals surface area contributed by atoms with E-state index in [0.717, 1.165) is 0 Å². The minimum absolute atomic E-state index is 0.000676. The van der Waals surface area contributed by atoms with E-state index in [0.29, 0.717) is 17.9 Å². The molecule has 92 valence electrons. The largest absolute Gasteiger partial charge is 0.242 e. The summed E-state index contributed by atoms with van der Waals surface area (Å²) in [7, 11) is -3.59. The van der Waals surface area contributed by atoms with Crippen molar-refractivity contribution in [1.29, 1.82) is 5.26 Å². The van der Waals surface area contributed by atoms with E-state index in [1.807, 2.05) is 12.3 Å². The molecule has 0 heterocycles. The van der Waals surface area contributed by atoms with E-state index in [1.54, 1.807) is 11.8 Å². The molecule has 0 amide bonds. The van der Waals surface area contributed by atoms with Crippen LogP contribution in [0.2, 0.25) is 5.02 Å². The SMILES string of the molecule is CSCCNS(=O)(=O)c1ccc(C#N)cc1Cl. The van der Waals surface area contributed by atoms with Gasteiger partial charge in [0.1, 0.15) is 4.90 Å². The summed E-state index contributed by atoms with van der Waals surface area (Å²) >= 11 is 7.37. The lowest BCUT2D eigenvalue weighted by Crippen LogP contribution is -2.26. The molecule has 0 aliphatic rings. The van der Waals surface area contributed by atoms with Crippen molar-refractivity contribution in [3.05, 3.63) is 28.8 Å². The summed E-state index contributed by atoms with van der Waals surface area (Å²) in [5.74, 6) is 0.688. The Balaban J connectivity index is 2.96. The molecule has 0 fully saturated rings. The first-order valence-corrected chi connectivity index (χ1v) is 7.95. The van der Waals surface area contributed by atoms with Crippen LogP contribution >= 0.6 is 23.4 Å². The third kappa shape index (κ3) is 3.89. The highest BCUT2D eigenvalue weighted by Gasteiger charge is 2.17. The second-order valence-corrected chi connectivity index (χ2v) is 6.28. The van der Waals surface area contributed by atoms with Crippen molar-refractivity contribution in [3.8, 4) is 6.07 Å². The first-order chi connectivity index (χ1) is 8.01. The van der Waals surface area contributed by atoms with E-state index in [2.05, 4.69) is 4.72 Å². The number of hydrogen-bond acceptors (Lipinski definition) is 4. The van der Waals surface area contributed by atoms with Crippen LogP contribution in [0, 0.1) is 11.3 Å². The number of nitriles is 1. The van der Waals surface area contributed by atoms with E-state index < -0.39 is 10.0 Å². The Hall–Kier alpha value is -0.740. The van der Waals surface area contributed by atoms with Crippen molar-refractivity contribution in [2.75, 3.05) is 18.6 Å².